The zero-order valence-electron chi connectivity index (χ0n) is 28.7. The molecule has 0 bridgehead atoms. The van der Waals surface area contributed by atoms with Gasteiger partial charge in [-0.1, -0.05) is 55.0 Å². The monoisotopic (exact) mass is 667 g/mol. The maximum Gasteiger partial charge on any atom is 0.407 e. The summed E-state index contributed by atoms with van der Waals surface area (Å²) in [6.45, 7) is 5.99. The van der Waals surface area contributed by atoms with E-state index in [2.05, 4.69) is 15.4 Å². The van der Waals surface area contributed by atoms with E-state index in [0.29, 0.717) is 24.1 Å². The number of amides is 2. The van der Waals surface area contributed by atoms with Gasteiger partial charge in [-0.05, 0) is 104 Å². The van der Waals surface area contributed by atoms with Crippen LogP contribution in [0.15, 0.2) is 97.1 Å². The molecule has 0 atom stereocenters. The van der Waals surface area contributed by atoms with Crippen LogP contribution in [0.3, 0.4) is 0 Å². The van der Waals surface area contributed by atoms with Crippen molar-refractivity contribution in [2.75, 3.05) is 31.8 Å². The van der Waals surface area contributed by atoms with E-state index >= 15 is 0 Å². The molecule has 0 aliphatic carbocycles. The Morgan fingerprint density at radius 2 is 1.04 bits per heavy atom. The van der Waals surface area contributed by atoms with E-state index in [1.54, 1.807) is 24.3 Å². The number of nitrogen functional groups attached to an aromatic ring is 1. The number of nitrogens with one attached hydrogen (secondary N) is 2. The van der Waals surface area contributed by atoms with Crippen molar-refractivity contribution in [1.29, 1.82) is 0 Å². The van der Waals surface area contributed by atoms with Crippen molar-refractivity contribution >= 4 is 35.3 Å². The molecule has 10 nitrogen and oxygen atoms in total. The molecule has 0 spiro atoms. The Morgan fingerprint density at radius 3 is 1.47 bits per heavy atom. The standard InChI is InChI=1S/C25H32N2O5.C14H13NO2/c1-25(2,3)32-24(30)26-17-7-5-6-8-22(28)27-21-15-13-19(14-16-21)18-9-11-20(12-10-18)23(29)31-4;1-17-14(16)12-4-2-10(3-5-12)11-6-8-13(15)9-7-11/h9-16H,5-8,17H2,1-4H3,(H,26,30)(H,27,28);2-9H,15H2,1H3. The Morgan fingerprint density at radius 1 is 0.612 bits per heavy atom. The van der Waals surface area contributed by atoms with Crippen molar-refractivity contribution < 1.29 is 33.4 Å². The summed E-state index contributed by atoms with van der Waals surface area (Å²) >= 11 is 0. The van der Waals surface area contributed by atoms with E-state index in [-0.39, 0.29) is 17.8 Å². The number of esters is 2. The fraction of sp³-hybridized carbons (Fsp3) is 0.282. The Balaban J connectivity index is 0.000000319. The number of carbonyl (C=O) groups is 4. The molecule has 2 amide bonds. The fourth-order valence-electron chi connectivity index (χ4n) is 4.57. The Labute approximate surface area is 288 Å². The van der Waals surface area contributed by atoms with Crippen molar-refractivity contribution in [3.63, 3.8) is 0 Å². The number of alkyl carbamates (subject to hydrolysis) is 1. The van der Waals surface area contributed by atoms with Gasteiger partial charge in [-0.25, -0.2) is 14.4 Å². The molecule has 0 aromatic heterocycles. The first-order valence-corrected chi connectivity index (χ1v) is 16.0. The van der Waals surface area contributed by atoms with Gasteiger partial charge in [0.15, 0.2) is 0 Å². The summed E-state index contributed by atoms with van der Waals surface area (Å²) in [5, 5.41) is 5.61. The van der Waals surface area contributed by atoms with Crippen molar-refractivity contribution in [2.45, 2.75) is 52.1 Å². The fourth-order valence-corrected chi connectivity index (χ4v) is 4.57. The van der Waals surface area contributed by atoms with Gasteiger partial charge in [0.2, 0.25) is 5.91 Å². The number of carbonyl (C=O) groups excluding carboxylic acids is 4. The average molecular weight is 668 g/mol. The molecule has 0 unspecified atom stereocenters. The van der Waals surface area contributed by atoms with Crippen molar-refractivity contribution in [2.24, 2.45) is 0 Å². The SMILES string of the molecule is COC(=O)c1ccc(-c2ccc(N)cc2)cc1.COC(=O)c1ccc(-c2ccc(NC(=O)CCCCCNC(=O)OC(C)(C)C)cc2)cc1. The Kier molecular flexibility index (Phi) is 14.4. The van der Waals surface area contributed by atoms with Gasteiger partial charge in [-0.15, -0.1) is 0 Å². The van der Waals surface area contributed by atoms with E-state index in [1.165, 1.54) is 14.2 Å². The van der Waals surface area contributed by atoms with Crippen molar-refractivity contribution in [3.05, 3.63) is 108 Å². The zero-order valence-corrected chi connectivity index (χ0v) is 28.7. The molecule has 49 heavy (non-hydrogen) atoms. The second kappa shape index (κ2) is 18.6. The smallest absolute Gasteiger partial charge is 0.407 e. The Hall–Kier alpha value is -5.64. The van der Waals surface area contributed by atoms with Crippen molar-refractivity contribution in [1.82, 2.24) is 5.32 Å². The van der Waals surface area contributed by atoms with Crippen LogP contribution < -0.4 is 16.4 Å². The lowest BCUT2D eigenvalue weighted by atomic mass is 10.0. The molecule has 0 fully saturated rings. The minimum Gasteiger partial charge on any atom is -0.465 e. The van der Waals surface area contributed by atoms with Gasteiger partial charge in [-0.3, -0.25) is 4.79 Å². The number of hydrogen-bond acceptors (Lipinski definition) is 8. The third-order valence-corrected chi connectivity index (χ3v) is 7.11. The molecule has 4 rings (SSSR count). The van der Waals surface area contributed by atoms with Crippen LogP contribution in [-0.4, -0.2) is 50.3 Å². The van der Waals surface area contributed by atoms with E-state index in [1.807, 2.05) is 93.6 Å². The average Bonchev–Trinajstić information content (AvgIpc) is 3.09. The molecule has 0 heterocycles. The molecule has 0 aliphatic heterocycles. The number of unbranched alkanes of at least 4 members (excludes halogenated alkanes) is 2. The molecule has 0 saturated carbocycles. The van der Waals surface area contributed by atoms with Crippen LogP contribution >= 0.6 is 0 Å². The molecule has 4 aromatic rings. The van der Waals surface area contributed by atoms with Crippen LogP contribution in [0.4, 0.5) is 16.2 Å². The summed E-state index contributed by atoms with van der Waals surface area (Å²) in [4.78, 5) is 46.5. The highest BCUT2D eigenvalue weighted by atomic mass is 16.6. The maximum absolute atomic E-state index is 12.2. The van der Waals surface area contributed by atoms with Crippen LogP contribution in [0.2, 0.25) is 0 Å². The predicted octanol–water partition coefficient (Wildman–Crippen LogP) is 7.89. The van der Waals surface area contributed by atoms with Crippen LogP contribution in [0, 0.1) is 0 Å². The van der Waals surface area contributed by atoms with E-state index in [0.717, 1.165) is 52.9 Å². The summed E-state index contributed by atoms with van der Waals surface area (Å²) < 4.78 is 14.5. The molecule has 258 valence electrons. The predicted molar refractivity (Wildman–Crippen MR) is 192 cm³/mol. The van der Waals surface area contributed by atoms with E-state index < -0.39 is 11.7 Å². The molecular formula is C39H45N3O7. The first-order chi connectivity index (χ1) is 23.4. The zero-order chi connectivity index (χ0) is 35.8. The van der Waals surface area contributed by atoms with Crippen LogP contribution in [0.25, 0.3) is 22.3 Å². The summed E-state index contributed by atoms with van der Waals surface area (Å²) in [7, 11) is 2.73. The largest absolute Gasteiger partial charge is 0.465 e. The molecular weight excluding hydrogens is 622 g/mol. The summed E-state index contributed by atoms with van der Waals surface area (Å²) in [6.07, 6.45) is 2.37. The number of anilines is 2. The highest BCUT2D eigenvalue weighted by Crippen LogP contribution is 2.23. The van der Waals surface area contributed by atoms with Crippen LogP contribution in [0.1, 0.15) is 67.2 Å². The lowest BCUT2D eigenvalue weighted by Crippen LogP contribution is -2.33. The summed E-state index contributed by atoms with van der Waals surface area (Å²) in [6, 6.07) is 29.6. The Bertz CT molecular complexity index is 1660. The molecule has 0 saturated heterocycles. The first kappa shape index (κ1) is 37.8. The topological polar surface area (TPSA) is 146 Å². The third-order valence-electron chi connectivity index (χ3n) is 7.11. The van der Waals surface area contributed by atoms with Gasteiger partial charge < -0.3 is 30.6 Å². The quantitative estimate of drug-likeness (QED) is 0.0634. The normalized spacial score (nSPS) is 10.6. The third kappa shape index (κ3) is 13.2. The highest BCUT2D eigenvalue weighted by Gasteiger charge is 2.15. The number of rotatable bonds is 11. The van der Waals surface area contributed by atoms with Gasteiger partial charge >= 0.3 is 18.0 Å². The lowest BCUT2D eigenvalue weighted by Gasteiger charge is -2.19. The minimum absolute atomic E-state index is 0.0414. The second-order valence-corrected chi connectivity index (χ2v) is 12.1. The van der Waals surface area contributed by atoms with Gasteiger partial charge in [0.25, 0.3) is 0 Å². The first-order valence-electron chi connectivity index (χ1n) is 16.0. The maximum atomic E-state index is 12.2. The molecule has 0 aliphatic rings. The molecule has 4 N–H and O–H groups in total. The van der Waals surface area contributed by atoms with Gasteiger partial charge in [0, 0.05) is 24.3 Å². The van der Waals surface area contributed by atoms with Gasteiger partial charge in [0.1, 0.15) is 5.60 Å². The summed E-state index contributed by atoms with van der Waals surface area (Å²) in [5.74, 6) is -0.733. The number of methoxy groups -OCH3 is 2. The lowest BCUT2D eigenvalue weighted by molar-refractivity contribution is -0.116. The second-order valence-electron chi connectivity index (χ2n) is 12.1. The number of ether oxygens (including phenoxy) is 3. The van der Waals surface area contributed by atoms with Crippen LogP contribution in [-0.2, 0) is 19.0 Å². The van der Waals surface area contributed by atoms with E-state index in [9.17, 15) is 19.2 Å². The number of benzene rings is 4. The molecule has 4 aromatic carbocycles. The summed E-state index contributed by atoms with van der Waals surface area (Å²) in [5.41, 5.74) is 11.7. The van der Waals surface area contributed by atoms with E-state index in [4.69, 9.17) is 15.2 Å². The van der Waals surface area contributed by atoms with Gasteiger partial charge in [0.05, 0.1) is 25.3 Å². The van der Waals surface area contributed by atoms with Gasteiger partial charge in [-0.2, -0.15) is 0 Å². The highest BCUT2D eigenvalue weighted by molar-refractivity contribution is 5.92. The number of hydrogen-bond donors (Lipinski definition) is 3. The minimum atomic E-state index is -0.504. The number of nitrogens with two attached hydrogens (primary N) is 1. The van der Waals surface area contributed by atoms with Crippen LogP contribution in [0.5, 0.6) is 0 Å². The molecule has 0 radical (unpaired) electrons. The molecule has 10 heteroatoms. The van der Waals surface area contributed by atoms with Crippen molar-refractivity contribution in [3.8, 4) is 22.3 Å².